The first-order chi connectivity index (χ1) is 6.85. The molecule has 0 amide bonds. The molecule has 0 rings (SSSR count). The Kier molecular flexibility index (Phi) is 10.5. The van der Waals surface area contributed by atoms with Gasteiger partial charge in [-0.2, -0.15) is 0 Å². The Morgan fingerprint density at radius 1 is 1.07 bits per heavy atom. The molecule has 0 heterocycles. The third kappa shape index (κ3) is 8.26. The van der Waals surface area contributed by atoms with Crippen molar-refractivity contribution in [2.75, 3.05) is 32.5 Å². The predicted octanol–water partition coefficient (Wildman–Crippen LogP) is 1.97. The van der Waals surface area contributed by atoms with E-state index in [1.165, 1.54) is 0 Å². The van der Waals surface area contributed by atoms with Gasteiger partial charge in [-0.3, -0.25) is 0 Å². The summed E-state index contributed by atoms with van der Waals surface area (Å²) in [5.74, 6) is 0. The second-order valence-corrected chi connectivity index (χ2v) is 2.77. The van der Waals surface area contributed by atoms with Crippen molar-refractivity contribution < 1.29 is 14.2 Å². The number of rotatable bonds is 10. The maximum absolute atomic E-state index is 5.45. The first-order valence-electron chi connectivity index (χ1n) is 4.40. The standard InChI is InChI=1S/C10H17ClO3/c1-3-5-12-7-10(14-9-11)8-13-6-4-2/h3-4,10H,1-2,5-9H2. The zero-order chi connectivity index (χ0) is 10.6. The molecule has 4 heteroatoms. The quantitative estimate of drug-likeness (QED) is 0.320. The number of alkyl halides is 1. The highest BCUT2D eigenvalue weighted by Gasteiger charge is 2.08. The van der Waals surface area contributed by atoms with Crippen molar-refractivity contribution >= 4 is 11.6 Å². The Morgan fingerprint density at radius 3 is 1.93 bits per heavy atom. The van der Waals surface area contributed by atoms with Crippen LogP contribution in [0.25, 0.3) is 0 Å². The minimum Gasteiger partial charge on any atom is -0.375 e. The average Bonchev–Trinajstić information content (AvgIpc) is 2.18. The molecule has 0 saturated carbocycles. The SMILES string of the molecule is C=CCOCC(COCC=C)OCCl. The molecule has 0 N–H and O–H groups in total. The van der Waals surface area contributed by atoms with Gasteiger partial charge in [-0.25, -0.2) is 0 Å². The predicted molar refractivity (Wildman–Crippen MR) is 57.6 cm³/mol. The van der Waals surface area contributed by atoms with Gasteiger partial charge in [-0.05, 0) is 0 Å². The van der Waals surface area contributed by atoms with Crippen LogP contribution in [0.5, 0.6) is 0 Å². The van der Waals surface area contributed by atoms with E-state index in [1.807, 2.05) is 0 Å². The highest BCUT2D eigenvalue weighted by atomic mass is 35.5. The minimum absolute atomic E-state index is 0.132. The number of halogens is 1. The minimum atomic E-state index is -0.132. The Bertz CT molecular complexity index is 136. The molecular formula is C10H17ClO3. The molecule has 0 saturated heterocycles. The van der Waals surface area contributed by atoms with Crippen molar-refractivity contribution in [2.45, 2.75) is 6.10 Å². The van der Waals surface area contributed by atoms with Crippen LogP contribution < -0.4 is 0 Å². The van der Waals surface area contributed by atoms with E-state index < -0.39 is 0 Å². The zero-order valence-electron chi connectivity index (χ0n) is 8.28. The Labute approximate surface area is 90.3 Å². The molecular weight excluding hydrogens is 204 g/mol. The van der Waals surface area contributed by atoms with E-state index in [-0.39, 0.29) is 12.2 Å². The molecule has 3 nitrogen and oxygen atoms in total. The summed E-state index contributed by atoms with van der Waals surface area (Å²) < 4.78 is 15.6. The normalized spacial score (nSPS) is 10.4. The van der Waals surface area contributed by atoms with Crippen molar-refractivity contribution in [1.82, 2.24) is 0 Å². The Hall–Kier alpha value is -0.350. The molecule has 0 fully saturated rings. The molecule has 82 valence electrons. The lowest BCUT2D eigenvalue weighted by Crippen LogP contribution is -2.25. The monoisotopic (exact) mass is 220 g/mol. The van der Waals surface area contributed by atoms with Gasteiger partial charge in [0.15, 0.2) is 0 Å². The lowest BCUT2D eigenvalue weighted by atomic mass is 10.4. The molecule has 0 radical (unpaired) electrons. The fraction of sp³-hybridized carbons (Fsp3) is 0.600. The van der Waals surface area contributed by atoms with Crippen LogP contribution in [0.4, 0.5) is 0 Å². The van der Waals surface area contributed by atoms with Crippen molar-refractivity contribution in [3.63, 3.8) is 0 Å². The number of hydrogen-bond donors (Lipinski definition) is 0. The van der Waals surface area contributed by atoms with Crippen LogP contribution in [-0.2, 0) is 14.2 Å². The first kappa shape index (κ1) is 13.7. The lowest BCUT2D eigenvalue weighted by Gasteiger charge is -2.15. The van der Waals surface area contributed by atoms with E-state index >= 15 is 0 Å². The average molecular weight is 221 g/mol. The first-order valence-corrected chi connectivity index (χ1v) is 4.93. The summed E-state index contributed by atoms with van der Waals surface area (Å²) in [6, 6.07) is 0.138. The summed E-state index contributed by atoms with van der Waals surface area (Å²) >= 11 is 5.45. The molecule has 0 aromatic carbocycles. The number of ether oxygens (including phenoxy) is 3. The summed E-state index contributed by atoms with van der Waals surface area (Å²) in [5, 5.41) is 0. The molecule has 0 aliphatic rings. The molecule has 0 aromatic heterocycles. The van der Waals surface area contributed by atoms with Gasteiger partial charge < -0.3 is 14.2 Å². The van der Waals surface area contributed by atoms with Crippen molar-refractivity contribution in [2.24, 2.45) is 0 Å². The topological polar surface area (TPSA) is 27.7 Å². The molecule has 0 aliphatic carbocycles. The van der Waals surface area contributed by atoms with Crippen LogP contribution in [0, 0.1) is 0 Å². The van der Waals surface area contributed by atoms with E-state index in [4.69, 9.17) is 25.8 Å². The van der Waals surface area contributed by atoms with Gasteiger partial charge >= 0.3 is 0 Å². The molecule has 0 unspecified atom stereocenters. The van der Waals surface area contributed by atoms with E-state index in [0.717, 1.165) is 0 Å². The molecule has 0 bridgehead atoms. The van der Waals surface area contributed by atoms with Crippen molar-refractivity contribution in [3.05, 3.63) is 25.3 Å². The smallest absolute Gasteiger partial charge is 0.121 e. The second kappa shape index (κ2) is 10.7. The largest absolute Gasteiger partial charge is 0.375 e. The van der Waals surface area contributed by atoms with Crippen LogP contribution in [0.1, 0.15) is 0 Å². The van der Waals surface area contributed by atoms with Gasteiger partial charge in [-0.1, -0.05) is 23.8 Å². The highest BCUT2D eigenvalue weighted by Crippen LogP contribution is 1.97. The van der Waals surface area contributed by atoms with Gasteiger partial charge in [0.1, 0.15) is 12.2 Å². The maximum atomic E-state index is 5.45. The number of hydrogen-bond acceptors (Lipinski definition) is 3. The molecule has 0 aliphatic heterocycles. The molecule has 14 heavy (non-hydrogen) atoms. The summed E-state index contributed by atoms with van der Waals surface area (Å²) in [6.07, 6.45) is 3.23. The van der Waals surface area contributed by atoms with Gasteiger partial charge in [0.25, 0.3) is 0 Å². The Morgan fingerprint density at radius 2 is 1.57 bits per heavy atom. The third-order valence-electron chi connectivity index (χ3n) is 1.38. The molecule has 0 atom stereocenters. The van der Waals surface area contributed by atoms with Crippen LogP contribution in [0.15, 0.2) is 25.3 Å². The summed E-state index contributed by atoms with van der Waals surface area (Å²) in [6.45, 7) is 9.00. The fourth-order valence-corrected chi connectivity index (χ4v) is 0.977. The summed E-state index contributed by atoms with van der Waals surface area (Å²) in [7, 11) is 0. The second-order valence-electron chi connectivity index (χ2n) is 2.55. The van der Waals surface area contributed by atoms with E-state index in [0.29, 0.717) is 26.4 Å². The van der Waals surface area contributed by atoms with Crippen LogP contribution in [-0.4, -0.2) is 38.6 Å². The molecule has 0 aromatic rings. The van der Waals surface area contributed by atoms with Gasteiger partial charge in [0.05, 0.1) is 26.4 Å². The van der Waals surface area contributed by atoms with Crippen LogP contribution >= 0.6 is 11.6 Å². The van der Waals surface area contributed by atoms with E-state index in [2.05, 4.69) is 13.2 Å². The lowest BCUT2D eigenvalue weighted by molar-refractivity contribution is -0.0373. The fourth-order valence-electron chi connectivity index (χ4n) is 0.799. The van der Waals surface area contributed by atoms with Gasteiger partial charge in [-0.15, -0.1) is 13.2 Å². The summed E-state index contributed by atoms with van der Waals surface area (Å²) in [4.78, 5) is 0. The van der Waals surface area contributed by atoms with Crippen molar-refractivity contribution in [1.29, 1.82) is 0 Å². The van der Waals surface area contributed by atoms with Gasteiger partial charge in [0, 0.05) is 0 Å². The zero-order valence-corrected chi connectivity index (χ0v) is 9.04. The van der Waals surface area contributed by atoms with Crippen LogP contribution in [0.2, 0.25) is 0 Å². The summed E-state index contributed by atoms with van der Waals surface area (Å²) in [5.41, 5.74) is 0. The van der Waals surface area contributed by atoms with Crippen LogP contribution in [0.3, 0.4) is 0 Å². The van der Waals surface area contributed by atoms with E-state index in [9.17, 15) is 0 Å². The van der Waals surface area contributed by atoms with E-state index in [1.54, 1.807) is 12.2 Å². The third-order valence-corrected chi connectivity index (χ3v) is 1.50. The molecule has 0 spiro atoms. The van der Waals surface area contributed by atoms with Crippen molar-refractivity contribution in [3.8, 4) is 0 Å². The van der Waals surface area contributed by atoms with Gasteiger partial charge in [0.2, 0.25) is 0 Å². The maximum Gasteiger partial charge on any atom is 0.121 e. The highest BCUT2D eigenvalue weighted by molar-refractivity contribution is 6.17. The Balaban J connectivity index is 3.53.